The van der Waals surface area contributed by atoms with Crippen LogP contribution in [0.4, 0.5) is 0 Å². The Morgan fingerprint density at radius 3 is 1.20 bits per heavy atom. The predicted octanol–water partition coefficient (Wildman–Crippen LogP) is 15.8. The molecule has 0 aliphatic carbocycles. The van der Waals surface area contributed by atoms with E-state index in [0.29, 0.717) is 56.3 Å². The number of rotatable bonds is 20. The number of hydrogen-bond donors (Lipinski definition) is 2. The van der Waals surface area contributed by atoms with Crippen LogP contribution in [0.5, 0.6) is 17.2 Å². The molecule has 0 aliphatic heterocycles. The number of ether oxygens (including phenoxy) is 4. The van der Waals surface area contributed by atoms with E-state index in [1.165, 1.54) is 0 Å². The van der Waals surface area contributed by atoms with Crippen molar-refractivity contribution in [2.24, 2.45) is 28.1 Å². The highest BCUT2D eigenvalue weighted by Crippen LogP contribution is 2.34. The molecule has 3 aromatic carbocycles. The van der Waals surface area contributed by atoms with Crippen LogP contribution in [0.15, 0.2) is 49.8 Å². The fourth-order valence-corrected chi connectivity index (χ4v) is 7.39. The molecule has 0 saturated carbocycles. The van der Waals surface area contributed by atoms with Gasteiger partial charge in [0.05, 0.1) is 56.1 Å². The highest BCUT2D eigenvalue weighted by molar-refractivity contribution is 9.11. The maximum Gasteiger partial charge on any atom is 0.311 e. The van der Waals surface area contributed by atoms with Gasteiger partial charge in [0, 0.05) is 5.88 Å². The topological polar surface area (TPSA) is 129 Å². The third kappa shape index (κ3) is 23.5. The van der Waals surface area contributed by atoms with Gasteiger partial charge >= 0.3 is 17.9 Å². The minimum Gasteiger partial charge on any atom is -0.506 e. The molecule has 0 amide bonds. The van der Waals surface area contributed by atoms with E-state index in [1.807, 2.05) is 121 Å². The van der Waals surface area contributed by atoms with Gasteiger partial charge in [-0.15, -0.1) is 11.6 Å². The van der Waals surface area contributed by atoms with Gasteiger partial charge in [-0.25, -0.2) is 0 Å². The van der Waals surface area contributed by atoms with Gasteiger partial charge in [-0.3, -0.25) is 14.4 Å². The van der Waals surface area contributed by atoms with E-state index in [9.17, 15) is 19.5 Å². The lowest BCUT2D eigenvalue weighted by Gasteiger charge is -2.23. The lowest BCUT2D eigenvalue weighted by atomic mass is 9.88. The number of hydrogen-bond acceptors (Lipinski definition) is 8. The normalized spacial score (nSPS) is 11.4. The first-order valence-corrected chi connectivity index (χ1v) is 25.7. The molecule has 0 aliphatic rings. The van der Waals surface area contributed by atoms with Crippen LogP contribution in [0.2, 0.25) is 0 Å². The summed E-state index contributed by atoms with van der Waals surface area (Å²) in [6.07, 6.45) is 4.51. The summed E-state index contributed by atoms with van der Waals surface area (Å²) < 4.78 is 25.0. The summed E-state index contributed by atoms with van der Waals surface area (Å²) in [7, 11) is 0. The number of halogens is 4. The smallest absolute Gasteiger partial charge is 0.311 e. The maximum atomic E-state index is 12.1. The van der Waals surface area contributed by atoms with Crippen LogP contribution in [0.25, 0.3) is 0 Å². The van der Waals surface area contributed by atoms with Gasteiger partial charge in [0.2, 0.25) is 0 Å². The Kier molecular flexibility index (Phi) is 29.3. The molecule has 2 N–H and O–H groups in total. The average Bonchev–Trinajstić information content (AvgIpc) is 3.24. The van der Waals surface area contributed by atoms with Crippen molar-refractivity contribution >= 4 is 77.3 Å². The summed E-state index contributed by atoms with van der Waals surface area (Å²) in [5, 5.41) is 18.4. The molecule has 0 unspecified atom stereocenters. The average molecular weight is 1140 g/mol. The molecule has 0 radical (unpaired) electrons. The second kappa shape index (κ2) is 30.6. The third-order valence-electron chi connectivity index (χ3n) is 10.6. The molecular weight excluding hydrogens is 1060 g/mol. The molecule has 0 aromatic heterocycles. The molecule has 0 atom stereocenters. The number of carboxylic acid groups (broad SMARTS) is 1. The standard InChI is InChI=1S/C19H29BrO3.C15H21BrO3.C11H21ClO2.C8H9BrO/c1-13(2)12-23-18(21)19(5,6)10-7-11-22-17-15(4)9-8-14(3)16(17)20;1-10-6-7-11(2)13(12(10)16)19-9-5-8-15(3,4)14(17)18;1-9(2)8-14-10(13)11(3,4)6-5-7-12;1-5-3-4-6(2)8(10)7(5)9/h8-9,13H,7,10-12H2,1-6H3;6-7H,5,8-9H2,1-4H3,(H,17,18);9H,5-8H2,1-4H3;3-4,10H,1-2H3. The number of benzene rings is 3. The first-order valence-electron chi connectivity index (χ1n) is 22.8. The highest BCUT2D eigenvalue weighted by atomic mass is 79.9. The van der Waals surface area contributed by atoms with Crippen LogP contribution in [0.3, 0.4) is 0 Å². The second-order valence-electron chi connectivity index (χ2n) is 19.7. The Labute approximate surface area is 428 Å². The molecule has 0 fully saturated rings. The second-order valence-corrected chi connectivity index (χ2v) is 22.4. The Balaban J connectivity index is 0.000000889. The van der Waals surface area contributed by atoms with Crippen LogP contribution >= 0.6 is 59.4 Å². The largest absolute Gasteiger partial charge is 0.506 e. The lowest BCUT2D eigenvalue weighted by Crippen LogP contribution is -2.28. The Morgan fingerprint density at radius 2 is 0.864 bits per heavy atom. The fourth-order valence-electron chi connectivity index (χ4n) is 5.69. The zero-order valence-electron chi connectivity index (χ0n) is 42.7. The number of carbonyl (C=O) groups is 3. The van der Waals surface area contributed by atoms with Crippen molar-refractivity contribution in [2.45, 2.75) is 149 Å². The molecule has 3 aromatic rings. The zero-order valence-corrected chi connectivity index (χ0v) is 48.2. The SMILES string of the molecule is CC(C)COC(=O)C(C)(C)CCCCl.Cc1ccc(C)c(Br)c1O.Cc1ccc(C)c(OCCCC(C)(C)C(=O)O)c1Br.Cc1ccc(C)c(OCCCC(C)(C)C(=O)OCC(C)C)c1Br. The zero-order chi connectivity index (χ0) is 51.2. The van der Waals surface area contributed by atoms with E-state index in [2.05, 4.69) is 59.9 Å². The van der Waals surface area contributed by atoms with Crippen molar-refractivity contribution < 1.29 is 43.5 Å². The van der Waals surface area contributed by atoms with E-state index >= 15 is 0 Å². The number of alkyl halides is 1. The number of phenolic OH excluding ortho intramolecular Hbond substituents is 1. The fraction of sp³-hybridized carbons (Fsp3) is 0.604. The van der Waals surface area contributed by atoms with Gasteiger partial charge in [-0.05, 0) is 215 Å². The van der Waals surface area contributed by atoms with Crippen molar-refractivity contribution in [3.05, 3.63) is 83.2 Å². The van der Waals surface area contributed by atoms with Gasteiger partial charge < -0.3 is 29.2 Å². The van der Waals surface area contributed by atoms with Gasteiger partial charge in [0.1, 0.15) is 17.2 Å². The first-order chi connectivity index (χ1) is 30.4. The Hall–Kier alpha value is -2.80. The van der Waals surface area contributed by atoms with Crippen molar-refractivity contribution in [1.82, 2.24) is 0 Å². The molecule has 9 nitrogen and oxygen atoms in total. The third-order valence-corrected chi connectivity index (χ3v) is 13.8. The molecule has 0 bridgehead atoms. The molecule has 13 heteroatoms. The Bertz CT molecular complexity index is 1950. The van der Waals surface area contributed by atoms with Gasteiger partial charge in [0.15, 0.2) is 0 Å². The maximum absolute atomic E-state index is 12.1. The molecular formula is C53H80Br3ClO9. The van der Waals surface area contributed by atoms with Crippen molar-refractivity contribution in [3.63, 3.8) is 0 Å². The van der Waals surface area contributed by atoms with Gasteiger partial charge in [-0.2, -0.15) is 0 Å². The minimum absolute atomic E-state index is 0.115. The first kappa shape index (κ1) is 63.2. The summed E-state index contributed by atoms with van der Waals surface area (Å²) in [4.78, 5) is 34.7. The number of carboxylic acids is 1. The minimum atomic E-state index is -0.764. The highest BCUT2D eigenvalue weighted by Gasteiger charge is 2.30. The van der Waals surface area contributed by atoms with E-state index in [-0.39, 0.29) is 11.9 Å². The van der Waals surface area contributed by atoms with E-state index in [1.54, 1.807) is 13.8 Å². The Morgan fingerprint density at radius 1 is 0.545 bits per heavy atom. The molecule has 3 rings (SSSR count). The molecule has 0 spiro atoms. The summed E-state index contributed by atoms with van der Waals surface area (Å²) in [5.74, 6) is 2.44. The summed E-state index contributed by atoms with van der Waals surface area (Å²) >= 11 is 16.0. The molecule has 374 valence electrons. The molecule has 0 heterocycles. The number of aromatic hydroxyl groups is 1. The van der Waals surface area contributed by atoms with Crippen LogP contribution in [0, 0.1) is 69.6 Å². The number of esters is 2. The van der Waals surface area contributed by atoms with Crippen LogP contribution in [0.1, 0.15) is 141 Å². The van der Waals surface area contributed by atoms with E-state index < -0.39 is 22.2 Å². The number of aliphatic carboxylic acids is 1. The van der Waals surface area contributed by atoms with Crippen LogP contribution in [-0.2, 0) is 23.9 Å². The number of aryl methyl sites for hydroxylation is 6. The monoisotopic (exact) mass is 1130 g/mol. The van der Waals surface area contributed by atoms with Crippen molar-refractivity contribution in [1.29, 1.82) is 0 Å². The van der Waals surface area contributed by atoms with Crippen LogP contribution in [-0.4, -0.2) is 60.4 Å². The van der Waals surface area contributed by atoms with Crippen LogP contribution < -0.4 is 9.47 Å². The van der Waals surface area contributed by atoms with Crippen molar-refractivity contribution in [2.75, 3.05) is 32.3 Å². The van der Waals surface area contributed by atoms with Crippen molar-refractivity contribution in [3.8, 4) is 17.2 Å². The summed E-state index contributed by atoms with van der Waals surface area (Å²) in [6, 6.07) is 12.1. The summed E-state index contributed by atoms with van der Waals surface area (Å²) in [6.45, 7) is 33.3. The predicted molar refractivity (Wildman–Crippen MR) is 282 cm³/mol. The van der Waals surface area contributed by atoms with Gasteiger partial charge in [0.25, 0.3) is 0 Å². The molecule has 66 heavy (non-hydrogen) atoms. The van der Waals surface area contributed by atoms with Gasteiger partial charge in [-0.1, -0.05) is 64.1 Å². The quantitative estimate of drug-likeness (QED) is 0.0645. The number of phenols is 1. The summed E-state index contributed by atoms with van der Waals surface area (Å²) in [5.41, 5.74) is 4.87. The molecule has 0 saturated heterocycles. The number of carbonyl (C=O) groups excluding carboxylic acids is 2. The lowest BCUT2D eigenvalue weighted by molar-refractivity contribution is -0.156. The van der Waals surface area contributed by atoms with E-state index in [0.717, 1.165) is 90.4 Å². The van der Waals surface area contributed by atoms with E-state index in [4.69, 9.17) is 35.7 Å².